The number of nitrogens with zero attached hydrogens (tertiary/aromatic N) is 1. The van der Waals surface area contributed by atoms with Gasteiger partial charge in [-0.3, -0.25) is 10.1 Å². The van der Waals surface area contributed by atoms with Crippen LogP contribution in [0.1, 0.15) is 0 Å². The standard InChI is InChI=1S/C10H11BrClNO6S/c11-9-2-1-8(13(14)15)7-10(9)19-4-3-18-5-6-20(12,16)17/h1-2,7H,3-6H2. The monoisotopic (exact) mass is 387 g/mol. The lowest BCUT2D eigenvalue weighted by Gasteiger charge is -2.08. The Morgan fingerprint density at radius 2 is 2.00 bits per heavy atom. The lowest BCUT2D eigenvalue weighted by Crippen LogP contribution is -2.12. The van der Waals surface area contributed by atoms with E-state index in [0.29, 0.717) is 10.2 Å². The minimum Gasteiger partial charge on any atom is -0.490 e. The van der Waals surface area contributed by atoms with E-state index in [1.807, 2.05) is 0 Å². The Kier molecular flexibility index (Phi) is 6.66. The number of non-ortho nitro benzene ring substituents is 1. The van der Waals surface area contributed by atoms with Crippen LogP contribution in [0.2, 0.25) is 0 Å². The maximum Gasteiger partial charge on any atom is 0.273 e. The van der Waals surface area contributed by atoms with E-state index >= 15 is 0 Å². The highest BCUT2D eigenvalue weighted by atomic mass is 79.9. The summed E-state index contributed by atoms with van der Waals surface area (Å²) in [4.78, 5) is 10.1. The van der Waals surface area contributed by atoms with Crippen molar-refractivity contribution in [3.05, 3.63) is 32.8 Å². The third-order valence-corrected chi connectivity index (χ3v) is 3.85. The average molecular weight is 389 g/mol. The van der Waals surface area contributed by atoms with Crippen LogP contribution < -0.4 is 4.74 Å². The van der Waals surface area contributed by atoms with Gasteiger partial charge in [0.2, 0.25) is 9.05 Å². The summed E-state index contributed by atoms with van der Waals surface area (Å²) in [5.74, 6) is 0.0301. The number of rotatable bonds is 8. The fourth-order valence-electron chi connectivity index (χ4n) is 1.19. The number of nitro groups is 1. The van der Waals surface area contributed by atoms with Crippen molar-refractivity contribution in [2.75, 3.05) is 25.6 Å². The fraction of sp³-hybridized carbons (Fsp3) is 0.400. The SMILES string of the molecule is O=[N+]([O-])c1ccc(Br)c(OCCOCCS(=O)(=O)Cl)c1. The van der Waals surface area contributed by atoms with E-state index in [1.54, 1.807) is 0 Å². The number of nitro benzene ring substituents is 1. The van der Waals surface area contributed by atoms with Crippen LogP contribution in [0.5, 0.6) is 5.75 Å². The smallest absolute Gasteiger partial charge is 0.273 e. The molecule has 1 aromatic rings. The Bertz CT molecular complexity index is 579. The molecule has 7 nitrogen and oxygen atoms in total. The molecule has 1 aromatic carbocycles. The first-order valence-electron chi connectivity index (χ1n) is 5.36. The zero-order chi connectivity index (χ0) is 15.2. The molecule has 0 aliphatic heterocycles. The molecule has 0 unspecified atom stereocenters. The van der Waals surface area contributed by atoms with E-state index < -0.39 is 14.0 Å². The molecule has 112 valence electrons. The van der Waals surface area contributed by atoms with Crippen LogP contribution in [0.25, 0.3) is 0 Å². The second-order valence-corrected chi connectivity index (χ2v) is 7.33. The normalized spacial score (nSPS) is 11.3. The zero-order valence-electron chi connectivity index (χ0n) is 10.1. The largest absolute Gasteiger partial charge is 0.490 e. The third-order valence-electron chi connectivity index (χ3n) is 2.08. The van der Waals surface area contributed by atoms with E-state index in [9.17, 15) is 18.5 Å². The molecular weight excluding hydrogens is 378 g/mol. The minimum atomic E-state index is -3.56. The van der Waals surface area contributed by atoms with Gasteiger partial charge in [-0.2, -0.15) is 0 Å². The van der Waals surface area contributed by atoms with E-state index in [2.05, 4.69) is 15.9 Å². The van der Waals surface area contributed by atoms with Gasteiger partial charge in [0.15, 0.2) is 0 Å². The van der Waals surface area contributed by atoms with Crippen LogP contribution in [0.3, 0.4) is 0 Å². The van der Waals surface area contributed by atoms with Gasteiger partial charge in [0.25, 0.3) is 5.69 Å². The number of halogens is 2. The summed E-state index contributed by atoms with van der Waals surface area (Å²) in [6.07, 6.45) is 0. The number of ether oxygens (including phenoxy) is 2. The summed E-state index contributed by atoms with van der Waals surface area (Å²) in [5.41, 5.74) is -0.0858. The number of benzene rings is 1. The molecule has 0 radical (unpaired) electrons. The van der Waals surface area contributed by atoms with Gasteiger partial charge in [-0.1, -0.05) is 0 Å². The fourth-order valence-corrected chi connectivity index (χ4v) is 2.05. The summed E-state index contributed by atoms with van der Waals surface area (Å²) in [7, 11) is 1.44. The number of hydrogen-bond acceptors (Lipinski definition) is 6. The van der Waals surface area contributed by atoms with Crippen molar-refractivity contribution < 1.29 is 22.8 Å². The van der Waals surface area contributed by atoms with Crippen molar-refractivity contribution in [3.8, 4) is 5.75 Å². The molecule has 0 heterocycles. The van der Waals surface area contributed by atoms with Crippen LogP contribution in [0.15, 0.2) is 22.7 Å². The zero-order valence-corrected chi connectivity index (χ0v) is 13.3. The molecule has 0 aliphatic carbocycles. The lowest BCUT2D eigenvalue weighted by molar-refractivity contribution is -0.385. The average Bonchev–Trinajstić information content (AvgIpc) is 2.34. The Labute approximate surface area is 128 Å². The summed E-state index contributed by atoms with van der Waals surface area (Å²) in [6, 6.07) is 4.14. The van der Waals surface area contributed by atoms with E-state index in [4.69, 9.17) is 20.2 Å². The summed E-state index contributed by atoms with van der Waals surface area (Å²) >= 11 is 3.20. The Morgan fingerprint density at radius 3 is 2.60 bits per heavy atom. The van der Waals surface area contributed by atoms with Crippen LogP contribution in [0, 0.1) is 10.1 Å². The molecular formula is C10H11BrClNO6S. The first-order valence-corrected chi connectivity index (χ1v) is 8.63. The van der Waals surface area contributed by atoms with Crippen molar-refractivity contribution in [1.29, 1.82) is 0 Å². The van der Waals surface area contributed by atoms with E-state index in [1.165, 1.54) is 18.2 Å². The molecule has 0 spiro atoms. The Hall–Kier alpha value is -0.900. The molecule has 1 rings (SSSR count). The molecule has 0 N–H and O–H groups in total. The molecule has 0 saturated heterocycles. The number of hydrogen-bond donors (Lipinski definition) is 0. The molecule has 0 saturated carbocycles. The third kappa shape index (κ3) is 6.51. The molecule has 0 amide bonds. The van der Waals surface area contributed by atoms with Crippen molar-refractivity contribution in [2.45, 2.75) is 0 Å². The van der Waals surface area contributed by atoms with Crippen LogP contribution in [-0.2, 0) is 13.8 Å². The molecule has 0 aliphatic rings. The van der Waals surface area contributed by atoms with Crippen LogP contribution in [0.4, 0.5) is 5.69 Å². The lowest BCUT2D eigenvalue weighted by atomic mass is 10.3. The quantitative estimate of drug-likeness (QED) is 0.293. The van der Waals surface area contributed by atoms with Gasteiger partial charge < -0.3 is 9.47 Å². The molecule has 0 atom stereocenters. The van der Waals surface area contributed by atoms with Gasteiger partial charge in [0, 0.05) is 16.7 Å². The predicted octanol–water partition coefficient (Wildman–Crippen LogP) is 2.32. The topological polar surface area (TPSA) is 95.7 Å². The molecule has 10 heteroatoms. The van der Waals surface area contributed by atoms with Gasteiger partial charge >= 0.3 is 0 Å². The van der Waals surface area contributed by atoms with E-state index in [0.717, 1.165) is 0 Å². The predicted molar refractivity (Wildman–Crippen MR) is 76.8 cm³/mol. The van der Waals surface area contributed by atoms with Gasteiger partial charge in [0.05, 0.1) is 34.4 Å². The van der Waals surface area contributed by atoms with E-state index in [-0.39, 0.29) is 31.3 Å². The van der Waals surface area contributed by atoms with Crippen LogP contribution >= 0.6 is 26.6 Å². The molecule has 0 fully saturated rings. The maximum absolute atomic E-state index is 10.6. The Balaban J connectivity index is 2.38. The molecule has 0 bridgehead atoms. The van der Waals surface area contributed by atoms with Gasteiger partial charge in [-0.15, -0.1) is 0 Å². The minimum absolute atomic E-state index is 0.0364. The van der Waals surface area contributed by atoms with Gasteiger partial charge in [-0.25, -0.2) is 8.42 Å². The highest BCUT2D eigenvalue weighted by molar-refractivity contribution is 9.10. The summed E-state index contributed by atoms with van der Waals surface area (Å²) < 4.78 is 32.1. The van der Waals surface area contributed by atoms with Crippen LogP contribution in [-0.4, -0.2) is 38.9 Å². The first-order chi connectivity index (χ1) is 9.29. The highest BCUT2D eigenvalue weighted by Crippen LogP contribution is 2.29. The maximum atomic E-state index is 10.6. The second-order valence-electron chi connectivity index (χ2n) is 3.58. The van der Waals surface area contributed by atoms with Crippen molar-refractivity contribution >= 4 is 41.4 Å². The summed E-state index contributed by atoms with van der Waals surface area (Å²) in [5, 5.41) is 10.6. The highest BCUT2D eigenvalue weighted by Gasteiger charge is 2.10. The summed E-state index contributed by atoms with van der Waals surface area (Å²) in [6.45, 7) is 0.231. The van der Waals surface area contributed by atoms with Crippen molar-refractivity contribution in [2.24, 2.45) is 0 Å². The molecule has 20 heavy (non-hydrogen) atoms. The Morgan fingerprint density at radius 1 is 1.30 bits per heavy atom. The van der Waals surface area contributed by atoms with Gasteiger partial charge in [-0.05, 0) is 22.0 Å². The molecule has 0 aromatic heterocycles. The van der Waals surface area contributed by atoms with Gasteiger partial charge in [0.1, 0.15) is 12.4 Å². The van der Waals surface area contributed by atoms with Crippen molar-refractivity contribution in [1.82, 2.24) is 0 Å². The second kappa shape index (κ2) is 7.77. The van der Waals surface area contributed by atoms with Crippen molar-refractivity contribution in [3.63, 3.8) is 0 Å². The first kappa shape index (κ1) is 17.2.